The van der Waals surface area contributed by atoms with Gasteiger partial charge in [-0.3, -0.25) is 4.79 Å². The fourth-order valence-electron chi connectivity index (χ4n) is 3.70. The molecule has 8 N–H and O–H groups in total. The number of hydrogen-bond acceptors (Lipinski definition) is 9. The molecule has 0 unspecified atom stereocenters. The molecule has 0 atom stereocenters. The molecular formula is C25H27N7O5. The van der Waals surface area contributed by atoms with Crippen LogP contribution in [0.1, 0.15) is 34.3 Å². The highest BCUT2D eigenvalue weighted by Crippen LogP contribution is 2.27. The molecule has 0 aliphatic carbocycles. The predicted molar refractivity (Wildman–Crippen MR) is 136 cm³/mol. The number of benzene rings is 2. The first-order chi connectivity index (χ1) is 17.9. The van der Waals surface area contributed by atoms with E-state index in [4.69, 9.17) is 31.4 Å². The van der Waals surface area contributed by atoms with E-state index >= 15 is 0 Å². The summed E-state index contributed by atoms with van der Waals surface area (Å²) in [6.45, 7) is 1.68. The molecule has 1 saturated heterocycles. The molecule has 3 aromatic rings. The Balaban J connectivity index is 1.59. The average molecular weight is 506 g/mol. The van der Waals surface area contributed by atoms with Crippen LogP contribution in [-0.4, -0.2) is 52.1 Å². The third kappa shape index (κ3) is 6.64. The maximum Gasteiger partial charge on any atom is 0.251 e. The summed E-state index contributed by atoms with van der Waals surface area (Å²) in [5.41, 5.74) is 12.6. The van der Waals surface area contributed by atoms with E-state index in [0.29, 0.717) is 28.2 Å². The summed E-state index contributed by atoms with van der Waals surface area (Å²) in [4.78, 5) is 17.4. The normalized spacial score (nSPS) is 14.7. The van der Waals surface area contributed by atoms with Gasteiger partial charge in [0, 0.05) is 29.3 Å². The number of piperidine rings is 1. The van der Waals surface area contributed by atoms with E-state index in [2.05, 4.69) is 25.9 Å². The predicted octanol–water partition coefficient (Wildman–Crippen LogP) is 2.34. The summed E-state index contributed by atoms with van der Waals surface area (Å²) in [5.74, 6) is 0.785. The summed E-state index contributed by atoms with van der Waals surface area (Å²) in [5, 5.41) is 30.0. The van der Waals surface area contributed by atoms with Crippen LogP contribution in [0.15, 0.2) is 71.0 Å². The number of carbonyl (C=O) groups excluding carboxylic acids is 1. The second-order valence-electron chi connectivity index (χ2n) is 8.25. The molecule has 2 heterocycles. The Labute approximate surface area is 212 Å². The first-order valence-corrected chi connectivity index (χ1v) is 11.5. The number of amidine groups is 2. The first kappa shape index (κ1) is 25.3. The number of hydrogen-bond donors (Lipinski definition) is 6. The molecule has 2 aromatic carbocycles. The molecule has 12 nitrogen and oxygen atoms in total. The van der Waals surface area contributed by atoms with Gasteiger partial charge < -0.3 is 42.0 Å². The van der Waals surface area contributed by atoms with Crippen LogP contribution < -0.4 is 31.6 Å². The number of carbonyl (C=O) groups is 1. The Morgan fingerprint density at radius 1 is 0.838 bits per heavy atom. The molecule has 0 bridgehead atoms. The number of rotatable bonds is 8. The third-order valence-corrected chi connectivity index (χ3v) is 5.68. The van der Waals surface area contributed by atoms with Gasteiger partial charge in [0.25, 0.3) is 5.91 Å². The molecule has 192 valence electrons. The zero-order chi connectivity index (χ0) is 26.2. The summed E-state index contributed by atoms with van der Waals surface area (Å²) in [6, 6.07) is 16.1. The number of pyridine rings is 1. The number of nitrogens with one attached hydrogen (secondary N) is 2. The van der Waals surface area contributed by atoms with E-state index in [1.54, 1.807) is 48.5 Å². The van der Waals surface area contributed by atoms with Crippen LogP contribution in [0, 0.1) is 0 Å². The quantitative estimate of drug-likeness (QED) is 0.115. The average Bonchev–Trinajstić information content (AvgIpc) is 2.93. The zero-order valence-corrected chi connectivity index (χ0v) is 19.8. The van der Waals surface area contributed by atoms with Crippen LogP contribution in [0.5, 0.6) is 23.3 Å². The Bertz CT molecular complexity index is 1210. The largest absolute Gasteiger partial charge is 0.439 e. The zero-order valence-electron chi connectivity index (χ0n) is 19.8. The molecule has 1 aliphatic rings. The first-order valence-electron chi connectivity index (χ1n) is 11.5. The summed E-state index contributed by atoms with van der Waals surface area (Å²) >= 11 is 0. The van der Waals surface area contributed by atoms with Gasteiger partial charge in [0.1, 0.15) is 11.5 Å². The van der Waals surface area contributed by atoms with E-state index in [1.165, 1.54) is 12.1 Å². The number of nitrogens with two attached hydrogens (primary N) is 2. The highest BCUT2D eigenvalue weighted by molar-refractivity contribution is 5.97. The molecule has 1 aliphatic heterocycles. The van der Waals surface area contributed by atoms with E-state index in [0.717, 1.165) is 25.9 Å². The van der Waals surface area contributed by atoms with Crippen LogP contribution in [-0.2, 0) is 0 Å². The Morgan fingerprint density at radius 3 is 1.73 bits per heavy atom. The SMILES string of the molecule is N/C(=N\O)c1ccc(Oc2cc(C(=O)NC3CCNCC3)cc(Oc3ccc(/C(N)=N/O)cc3)n2)cc1. The van der Waals surface area contributed by atoms with Crippen molar-refractivity contribution in [2.75, 3.05) is 13.1 Å². The Kier molecular flexibility index (Phi) is 8.01. The van der Waals surface area contributed by atoms with Crippen molar-refractivity contribution in [2.45, 2.75) is 18.9 Å². The van der Waals surface area contributed by atoms with Crippen molar-refractivity contribution in [1.29, 1.82) is 0 Å². The van der Waals surface area contributed by atoms with Gasteiger partial charge in [-0.25, -0.2) is 0 Å². The van der Waals surface area contributed by atoms with Gasteiger partial charge in [0.05, 0.1) is 5.56 Å². The van der Waals surface area contributed by atoms with E-state index in [-0.39, 0.29) is 35.4 Å². The Hall–Kier alpha value is -4.84. The van der Waals surface area contributed by atoms with Crippen molar-refractivity contribution in [1.82, 2.24) is 15.6 Å². The molecule has 1 amide bonds. The Morgan fingerprint density at radius 2 is 1.30 bits per heavy atom. The fourth-order valence-corrected chi connectivity index (χ4v) is 3.70. The molecular weight excluding hydrogens is 478 g/mol. The van der Waals surface area contributed by atoms with Crippen molar-refractivity contribution < 1.29 is 24.7 Å². The van der Waals surface area contributed by atoms with Gasteiger partial charge >= 0.3 is 0 Å². The van der Waals surface area contributed by atoms with Gasteiger partial charge in [-0.1, -0.05) is 10.3 Å². The third-order valence-electron chi connectivity index (χ3n) is 5.68. The van der Waals surface area contributed by atoms with Crippen molar-refractivity contribution in [3.05, 3.63) is 77.4 Å². The molecule has 1 aromatic heterocycles. The maximum atomic E-state index is 13.1. The van der Waals surface area contributed by atoms with Crippen LogP contribution in [0.4, 0.5) is 0 Å². The summed E-state index contributed by atoms with van der Waals surface area (Å²) in [6.07, 6.45) is 1.67. The monoisotopic (exact) mass is 505 g/mol. The minimum atomic E-state index is -0.270. The molecule has 1 fully saturated rings. The van der Waals surface area contributed by atoms with Gasteiger partial charge in [-0.2, -0.15) is 4.98 Å². The van der Waals surface area contributed by atoms with Gasteiger partial charge in [-0.15, -0.1) is 0 Å². The number of nitrogens with zero attached hydrogens (tertiary/aromatic N) is 3. The van der Waals surface area contributed by atoms with Crippen molar-refractivity contribution in [2.24, 2.45) is 21.8 Å². The lowest BCUT2D eigenvalue weighted by atomic mass is 10.1. The lowest BCUT2D eigenvalue weighted by Crippen LogP contribution is -2.42. The van der Waals surface area contributed by atoms with Crippen LogP contribution in [0.25, 0.3) is 0 Å². The maximum absolute atomic E-state index is 13.1. The second-order valence-corrected chi connectivity index (χ2v) is 8.25. The minimum Gasteiger partial charge on any atom is -0.439 e. The highest BCUT2D eigenvalue weighted by atomic mass is 16.5. The van der Waals surface area contributed by atoms with Gasteiger partial charge in [0.2, 0.25) is 11.8 Å². The van der Waals surface area contributed by atoms with Crippen LogP contribution in [0.3, 0.4) is 0 Å². The molecule has 37 heavy (non-hydrogen) atoms. The summed E-state index contributed by atoms with van der Waals surface area (Å²) in [7, 11) is 0. The van der Waals surface area contributed by atoms with Crippen LogP contribution in [0.2, 0.25) is 0 Å². The minimum absolute atomic E-state index is 0.0324. The van der Waals surface area contributed by atoms with E-state index in [9.17, 15) is 4.79 Å². The number of ether oxygens (including phenoxy) is 2. The standard InChI is InChI=1S/C25H27N7O5/c26-23(31-34)15-1-5-19(6-2-15)36-21-13-17(25(33)29-18-9-11-28-12-10-18)14-22(30-21)37-20-7-3-16(4-8-20)24(27)32-35/h1-8,13-14,18,28,34-35H,9-12H2,(H2,26,31)(H2,27,32)(H,29,33). The smallest absolute Gasteiger partial charge is 0.251 e. The summed E-state index contributed by atoms with van der Waals surface area (Å²) < 4.78 is 11.8. The highest BCUT2D eigenvalue weighted by Gasteiger charge is 2.19. The van der Waals surface area contributed by atoms with Crippen molar-refractivity contribution >= 4 is 17.6 Å². The topological polar surface area (TPSA) is 190 Å². The van der Waals surface area contributed by atoms with Gasteiger partial charge in [0.15, 0.2) is 11.7 Å². The van der Waals surface area contributed by atoms with Crippen molar-refractivity contribution in [3.8, 4) is 23.3 Å². The molecule has 0 radical (unpaired) electrons. The molecule has 0 spiro atoms. The number of aromatic nitrogens is 1. The van der Waals surface area contributed by atoms with Gasteiger partial charge in [-0.05, 0) is 74.5 Å². The van der Waals surface area contributed by atoms with Crippen LogP contribution >= 0.6 is 0 Å². The molecule has 12 heteroatoms. The molecule has 4 rings (SSSR count). The lowest BCUT2D eigenvalue weighted by Gasteiger charge is -2.23. The number of amides is 1. The number of oxime groups is 2. The van der Waals surface area contributed by atoms with E-state index in [1.807, 2.05) is 0 Å². The fraction of sp³-hybridized carbons (Fsp3) is 0.200. The second kappa shape index (κ2) is 11.7. The molecule has 0 saturated carbocycles. The van der Waals surface area contributed by atoms with Crippen molar-refractivity contribution in [3.63, 3.8) is 0 Å². The lowest BCUT2D eigenvalue weighted by molar-refractivity contribution is 0.0928. The van der Waals surface area contributed by atoms with E-state index < -0.39 is 0 Å².